The van der Waals surface area contributed by atoms with Crippen LogP contribution < -0.4 is 0 Å². The highest BCUT2D eigenvalue weighted by Crippen LogP contribution is 2.49. The predicted octanol–water partition coefficient (Wildman–Crippen LogP) is 6.75. The Morgan fingerprint density at radius 1 is 0.861 bits per heavy atom. The van der Waals surface area contributed by atoms with E-state index in [1.54, 1.807) is 0 Å². The molecule has 2 aliphatic rings. The summed E-state index contributed by atoms with van der Waals surface area (Å²) in [6.45, 7) is 12.4. The van der Waals surface area contributed by atoms with Crippen molar-refractivity contribution in [3.05, 3.63) is 71.8 Å². The summed E-state index contributed by atoms with van der Waals surface area (Å²) in [5, 5.41) is 0. The van der Waals surface area contributed by atoms with Crippen LogP contribution in [-0.2, 0) is 32.2 Å². The van der Waals surface area contributed by atoms with Gasteiger partial charge in [0.15, 0.2) is 5.79 Å². The van der Waals surface area contributed by atoms with Gasteiger partial charge in [0.25, 0.3) is 0 Å². The molecule has 0 amide bonds. The van der Waals surface area contributed by atoms with Gasteiger partial charge in [-0.25, -0.2) is 0 Å². The molecule has 1 aliphatic heterocycles. The van der Waals surface area contributed by atoms with Gasteiger partial charge in [0.2, 0.25) is 0 Å². The highest BCUT2D eigenvalue weighted by atomic mass is 28.3. The number of hydrogen-bond acceptors (Lipinski definition) is 4. The normalized spacial score (nSPS) is 26.9. The molecule has 4 rings (SSSR count). The van der Waals surface area contributed by atoms with Crippen LogP contribution in [-0.4, -0.2) is 38.8 Å². The summed E-state index contributed by atoms with van der Waals surface area (Å²) in [6, 6.07) is 24.2. The van der Waals surface area contributed by atoms with Gasteiger partial charge >= 0.3 is 0 Å². The molecule has 0 spiro atoms. The molecule has 5 heteroatoms. The maximum atomic E-state index is 6.71. The largest absolute Gasteiger partial charge is 0.375 e. The molecule has 0 unspecified atom stereocenters. The second-order valence-corrected chi connectivity index (χ2v) is 15.7. The monoisotopic (exact) mass is 506 g/mol. The molecule has 0 aromatic heterocycles. The summed E-state index contributed by atoms with van der Waals surface area (Å²) >= 11 is 0. The number of benzene rings is 2. The van der Waals surface area contributed by atoms with Gasteiger partial charge in [-0.1, -0.05) is 87.4 Å². The minimum atomic E-state index is -1.67. The van der Waals surface area contributed by atoms with Crippen molar-refractivity contribution < 1.29 is 18.9 Å². The van der Waals surface area contributed by atoms with Crippen molar-refractivity contribution in [2.24, 2.45) is 5.41 Å². The van der Waals surface area contributed by atoms with E-state index in [0.717, 1.165) is 35.7 Å². The third kappa shape index (κ3) is 6.12. The van der Waals surface area contributed by atoms with Crippen LogP contribution >= 0.6 is 0 Å². The van der Waals surface area contributed by atoms with E-state index in [0.29, 0.717) is 19.8 Å². The fourth-order valence-electron chi connectivity index (χ4n) is 5.58. The molecule has 0 N–H and O–H groups in total. The third-order valence-electron chi connectivity index (χ3n) is 7.98. The van der Waals surface area contributed by atoms with Crippen molar-refractivity contribution in [3.8, 4) is 11.5 Å². The SMILES string of the molecule is CC[Si](C#C[C@]1(COCc2ccccc2)C[C@@H]2OC(C)(C)O[C@@H]2[C@@H]1OCc1ccccc1)(CC)CC. The summed E-state index contributed by atoms with van der Waals surface area (Å²) in [5.74, 6) is 3.20. The van der Waals surface area contributed by atoms with E-state index in [-0.39, 0.29) is 18.3 Å². The number of rotatable bonds is 10. The molecule has 1 aliphatic carbocycles. The van der Waals surface area contributed by atoms with Crippen molar-refractivity contribution in [1.29, 1.82) is 0 Å². The summed E-state index contributed by atoms with van der Waals surface area (Å²) in [5.41, 5.74) is 5.70. The predicted molar refractivity (Wildman–Crippen MR) is 147 cm³/mol. The van der Waals surface area contributed by atoms with Crippen LogP contribution in [0.2, 0.25) is 18.1 Å². The van der Waals surface area contributed by atoms with Gasteiger partial charge in [-0.15, -0.1) is 5.54 Å². The maximum Gasteiger partial charge on any atom is 0.163 e. The lowest BCUT2D eigenvalue weighted by Gasteiger charge is -2.34. The first kappa shape index (κ1) is 27.1. The Kier molecular flexibility index (Phi) is 8.75. The Morgan fingerprint density at radius 2 is 1.44 bits per heavy atom. The zero-order chi connectivity index (χ0) is 25.7. The number of ether oxygens (including phenoxy) is 4. The zero-order valence-corrected chi connectivity index (χ0v) is 23.6. The quantitative estimate of drug-likeness (QED) is 0.264. The van der Waals surface area contributed by atoms with E-state index in [9.17, 15) is 0 Å². The smallest absolute Gasteiger partial charge is 0.163 e. The van der Waals surface area contributed by atoms with Gasteiger partial charge in [0.05, 0.1) is 31.3 Å². The zero-order valence-electron chi connectivity index (χ0n) is 22.6. The summed E-state index contributed by atoms with van der Waals surface area (Å²) in [7, 11) is -1.67. The van der Waals surface area contributed by atoms with Crippen LogP contribution in [0.1, 0.15) is 52.2 Å². The van der Waals surface area contributed by atoms with E-state index in [2.05, 4.69) is 56.5 Å². The molecule has 1 saturated heterocycles. The van der Waals surface area contributed by atoms with Crippen LogP contribution in [0.5, 0.6) is 0 Å². The highest BCUT2D eigenvalue weighted by molar-refractivity contribution is 6.87. The van der Waals surface area contributed by atoms with Crippen molar-refractivity contribution in [1.82, 2.24) is 0 Å². The van der Waals surface area contributed by atoms with E-state index in [4.69, 9.17) is 18.9 Å². The molecular formula is C31H42O4Si. The first-order chi connectivity index (χ1) is 17.3. The Labute approximate surface area is 218 Å². The highest BCUT2D eigenvalue weighted by Gasteiger charge is 2.61. The van der Waals surface area contributed by atoms with Gasteiger partial charge < -0.3 is 18.9 Å². The van der Waals surface area contributed by atoms with Gasteiger partial charge in [0.1, 0.15) is 20.3 Å². The van der Waals surface area contributed by atoms with E-state index in [1.807, 2.05) is 50.2 Å². The molecule has 194 valence electrons. The molecular weight excluding hydrogens is 464 g/mol. The van der Waals surface area contributed by atoms with Gasteiger partial charge in [-0.3, -0.25) is 0 Å². The third-order valence-corrected chi connectivity index (χ3v) is 12.7. The van der Waals surface area contributed by atoms with Crippen molar-refractivity contribution in [2.45, 2.75) is 96.5 Å². The second-order valence-electron chi connectivity index (χ2n) is 10.8. The average molecular weight is 507 g/mol. The fourth-order valence-corrected chi connectivity index (χ4v) is 8.12. The van der Waals surface area contributed by atoms with Crippen LogP contribution in [0.3, 0.4) is 0 Å². The molecule has 36 heavy (non-hydrogen) atoms. The molecule has 4 nitrogen and oxygen atoms in total. The molecule has 1 heterocycles. The first-order valence-corrected chi connectivity index (χ1v) is 16.1. The lowest BCUT2D eigenvalue weighted by molar-refractivity contribution is -0.185. The summed E-state index contributed by atoms with van der Waals surface area (Å²) in [4.78, 5) is 0. The summed E-state index contributed by atoms with van der Waals surface area (Å²) in [6.07, 6.45) is 0.296. The molecule has 2 aromatic carbocycles. The first-order valence-electron chi connectivity index (χ1n) is 13.5. The van der Waals surface area contributed by atoms with Crippen molar-refractivity contribution >= 4 is 8.07 Å². The van der Waals surface area contributed by atoms with Crippen LogP contribution in [0.15, 0.2) is 60.7 Å². The Morgan fingerprint density at radius 3 is 2.03 bits per heavy atom. The maximum absolute atomic E-state index is 6.71. The van der Waals surface area contributed by atoms with E-state index < -0.39 is 19.3 Å². The minimum absolute atomic E-state index is 0.0589. The van der Waals surface area contributed by atoms with Crippen LogP contribution in [0.25, 0.3) is 0 Å². The molecule has 0 radical (unpaired) electrons. The number of fused-ring (bicyclic) bond motifs is 1. The van der Waals surface area contributed by atoms with E-state index >= 15 is 0 Å². The van der Waals surface area contributed by atoms with Gasteiger partial charge in [-0.05, 0) is 49.5 Å². The summed E-state index contributed by atoms with van der Waals surface area (Å²) < 4.78 is 25.9. The lowest BCUT2D eigenvalue weighted by Crippen LogP contribution is -2.43. The Bertz CT molecular complexity index is 1020. The molecule has 4 atom stereocenters. The minimum Gasteiger partial charge on any atom is -0.375 e. The standard InChI is InChI=1S/C31H42O4Si/c1-6-36(7-2,8-3)20-19-31(24-32-22-25-15-11-9-12-16-25)21-27-28(35-30(4,5)34-27)29(31)33-23-26-17-13-10-14-18-26/h9-18,27-29H,6-8,21-24H2,1-5H3/t27-,28-,29-,31+/m0/s1. The van der Waals surface area contributed by atoms with Gasteiger partial charge in [-0.2, -0.15) is 0 Å². The van der Waals surface area contributed by atoms with E-state index in [1.165, 1.54) is 0 Å². The van der Waals surface area contributed by atoms with Crippen molar-refractivity contribution in [3.63, 3.8) is 0 Å². The van der Waals surface area contributed by atoms with Crippen LogP contribution in [0, 0.1) is 16.9 Å². The molecule has 1 saturated carbocycles. The molecule has 2 fully saturated rings. The topological polar surface area (TPSA) is 36.9 Å². The van der Waals surface area contributed by atoms with Crippen LogP contribution in [0.4, 0.5) is 0 Å². The second kappa shape index (κ2) is 11.6. The van der Waals surface area contributed by atoms with Crippen molar-refractivity contribution in [2.75, 3.05) is 6.61 Å². The average Bonchev–Trinajstić information content (AvgIpc) is 3.33. The molecule has 2 aromatic rings. The Hall–Kier alpha value is -1.94. The molecule has 0 bridgehead atoms. The number of hydrogen-bond donors (Lipinski definition) is 0. The fraction of sp³-hybridized carbons (Fsp3) is 0.548. The Balaban J connectivity index is 1.66. The van der Waals surface area contributed by atoms with Gasteiger partial charge in [0, 0.05) is 0 Å². The lowest BCUT2D eigenvalue weighted by atomic mass is 9.85.